The number of rotatable bonds is 1. The Labute approximate surface area is 101 Å². The molecule has 2 aliphatic rings. The van der Waals surface area contributed by atoms with E-state index in [9.17, 15) is 0 Å². The van der Waals surface area contributed by atoms with E-state index in [2.05, 4.69) is 24.1 Å². The molecule has 0 spiro atoms. The highest BCUT2D eigenvalue weighted by Crippen LogP contribution is 2.33. The van der Waals surface area contributed by atoms with Crippen molar-refractivity contribution in [2.75, 3.05) is 20.1 Å². The van der Waals surface area contributed by atoms with Gasteiger partial charge >= 0.3 is 0 Å². The lowest BCUT2D eigenvalue weighted by atomic mass is 9.99. The van der Waals surface area contributed by atoms with Crippen LogP contribution in [0.25, 0.3) is 6.08 Å². The Morgan fingerprint density at radius 1 is 1.50 bits per heavy atom. The maximum absolute atomic E-state index is 4.81. The van der Waals surface area contributed by atoms with Gasteiger partial charge in [0, 0.05) is 17.3 Å². The molecule has 0 bridgehead atoms. The molecule has 1 aromatic heterocycles. The molecule has 1 unspecified atom stereocenters. The predicted molar refractivity (Wildman–Crippen MR) is 68.9 cm³/mol. The van der Waals surface area contributed by atoms with Crippen molar-refractivity contribution in [2.24, 2.45) is 0 Å². The SMILES string of the molecule is CN1CCCC(c2nc3c(s2)CCC=C3)C1. The summed E-state index contributed by atoms with van der Waals surface area (Å²) < 4.78 is 0. The van der Waals surface area contributed by atoms with Crippen molar-refractivity contribution in [1.82, 2.24) is 9.88 Å². The van der Waals surface area contributed by atoms with E-state index in [0.717, 1.165) is 0 Å². The van der Waals surface area contributed by atoms with Crippen LogP contribution in [-0.4, -0.2) is 30.0 Å². The Kier molecular flexibility index (Phi) is 2.82. The van der Waals surface area contributed by atoms with Gasteiger partial charge in [0.15, 0.2) is 0 Å². The number of likely N-dealkylation sites (N-methyl/N-ethyl adjacent to an activating group) is 1. The maximum Gasteiger partial charge on any atom is 0.0978 e. The largest absolute Gasteiger partial charge is 0.306 e. The molecular weight excluding hydrogens is 216 g/mol. The molecule has 0 radical (unpaired) electrons. The summed E-state index contributed by atoms with van der Waals surface area (Å²) in [7, 11) is 2.22. The summed E-state index contributed by atoms with van der Waals surface area (Å²) in [5.74, 6) is 0.683. The van der Waals surface area contributed by atoms with Gasteiger partial charge in [0.1, 0.15) is 0 Å². The monoisotopic (exact) mass is 234 g/mol. The summed E-state index contributed by atoms with van der Waals surface area (Å²) in [5, 5.41) is 1.38. The summed E-state index contributed by atoms with van der Waals surface area (Å²) in [6, 6.07) is 0. The van der Waals surface area contributed by atoms with Gasteiger partial charge in [0.2, 0.25) is 0 Å². The number of fused-ring (bicyclic) bond motifs is 1. The summed E-state index contributed by atoms with van der Waals surface area (Å²) in [6.07, 6.45) is 9.48. The van der Waals surface area contributed by atoms with Gasteiger partial charge in [-0.25, -0.2) is 4.98 Å². The van der Waals surface area contributed by atoms with E-state index in [-0.39, 0.29) is 0 Å². The third-order valence-electron chi connectivity index (χ3n) is 3.53. The first-order valence-corrected chi connectivity index (χ1v) is 6.99. The molecule has 0 N–H and O–H groups in total. The Hall–Kier alpha value is -0.670. The minimum absolute atomic E-state index is 0.683. The van der Waals surface area contributed by atoms with E-state index >= 15 is 0 Å². The molecule has 1 atom stereocenters. The van der Waals surface area contributed by atoms with Crippen molar-refractivity contribution in [3.8, 4) is 0 Å². The quantitative estimate of drug-likeness (QED) is 0.743. The summed E-state index contributed by atoms with van der Waals surface area (Å²) in [5.41, 5.74) is 1.25. The van der Waals surface area contributed by atoms with Crippen LogP contribution in [0.15, 0.2) is 6.08 Å². The van der Waals surface area contributed by atoms with Crippen LogP contribution in [0.5, 0.6) is 0 Å². The Balaban J connectivity index is 1.83. The summed E-state index contributed by atoms with van der Waals surface area (Å²) in [6.45, 7) is 2.44. The molecule has 0 aromatic carbocycles. The topological polar surface area (TPSA) is 16.1 Å². The molecule has 16 heavy (non-hydrogen) atoms. The molecule has 1 saturated heterocycles. The van der Waals surface area contributed by atoms with Gasteiger partial charge in [-0.05, 0) is 45.4 Å². The molecule has 1 aliphatic heterocycles. The highest BCUT2D eigenvalue weighted by atomic mass is 32.1. The Morgan fingerprint density at radius 2 is 2.44 bits per heavy atom. The molecule has 2 nitrogen and oxygen atoms in total. The van der Waals surface area contributed by atoms with E-state index in [0.29, 0.717) is 5.92 Å². The molecule has 0 amide bonds. The van der Waals surface area contributed by atoms with Gasteiger partial charge in [0.05, 0.1) is 10.7 Å². The molecule has 3 rings (SSSR count). The average molecular weight is 234 g/mol. The fraction of sp³-hybridized carbons (Fsp3) is 0.615. The molecule has 1 aliphatic carbocycles. The van der Waals surface area contributed by atoms with E-state index in [1.54, 1.807) is 0 Å². The zero-order chi connectivity index (χ0) is 11.0. The van der Waals surface area contributed by atoms with E-state index in [1.807, 2.05) is 11.3 Å². The standard InChI is InChI=1S/C13H18N2S/c1-15-8-4-5-10(9-15)13-14-11-6-2-3-7-12(11)16-13/h2,6,10H,3-5,7-9H2,1H3. The number of hydrogen-bond donors (Lipinski definition) is 0. The zero-order valence-electron chi connectivity index (χ0n) is 9.78. The molecule has 2 heterocycles. The summed E-state index contributed by atoms with van der Waals surface area (Å²) >= 11 is 1.95. The van der Waals surface area contributed by atoms with Crippen LogP contribution in [0.4, 0.5) is 0 Å². The van der Waals surface area contributed by atoms with Crippen molar-refractivity contribution >= 4 is 17.4 Å². The van der Waals surface area contributed by atoms with E-state index < -0.39 is 0 Å². The number of aryl methyl sites for hydroxylation is 1. The smallest absolute Gasteiger partial charge is 0.0978 e. The van der Waals surface area contributed by atoms with Crippen LogP contribution in [0.3, 0.4) is 0 Å². The van der Waals surface area contributed by atoms with Crippen LogP contribution in [0, 0.1) is 0 Å². The third-order valence-corrected chi connectivity index (χ3v) is 4.83. The third kappa shape index (κ3) is 1.94. The number of aromatic nitrogens is 1. The normalized spacial score (nSPS) is 25.7. The lowest BCUT2D eigenvalue weighted by Gasteiger charge is -2.28. The fourth-order valence-corrected chi connectivity index (χ4v) is 3.84. The second-order valence-corrected chi connectivity index (χ2v) is 6.02. The van der Waals surface area contributed by atoms with Gasteiger partial charge in [0.25, 0.3) is 0 Å². The molecule has 86 valence electrons. The van der Waals surface area contributed by atoms with Crippen molar-refractivity contribution in [1.29, 1.82) is 0 Å². The Bertz CT molecular complexity index is 408. The first-order chi connectivity index (χ1) is 7.83. The van der Waals surface area contributed by atoms with Crippen LogP contribution in [0.2, 0.25) is 0 Å². The van der Waals surface area contributed by atoms with Crippen molar-refractivity contribution in [3.05, 3.63) is 21.7 Å². The number of hydrogen-bond acceptors (Lipinski definition) is 3. The van der Waals surface area contributed by atoms with Crippen molar-refractivity contribution in [2.45, 2.75) is 31.6 Å². The lowest BCUT2D eigenvalue weighted by Crippen LogP contribution is -2.30. The molecule has 3 heteroatoms. The van der Waals surface area contributed by atoms with Gasteiger partial charge in [-0.1, -0.05) is 6.08 Å². The van der Waals surface area contributed by atoms with Gasteiger partial charge in [-0.15, -0.1) is 11.3 Å². The number of allylic oxidation sites excluding steroid dienone is 1. The second kappa shape index (κ2) is 4.30. The van der Waals surface area contributed by atoms with Crippen LogP contribution in [-0.2, 0) is 6.42 Å². The fourth-order valence-electron chi connectivity index (χ4n) is 2.64. The summed E-state index contributed by atoms with van der Waals surface area (Å²) in [4.78, 5) is 8.75. The second-order valence-electron chi connectivity index (χ2n) is 4.90. The molecule has 1 aromatic rings. The van der Waals surface area contributed by atoms with Gasteiger partial charge < -0.3 is 4.90 Å². The number of thiazole rings is 1. The van der Waals surface area contributed by atoms with Crippen molar-refractivity contribution in [3.63, 3.8) is 0 Å². The van der Waals surface area contributed by atoms with Crippen molar-refractivity contribution < 1.29 is 0 Å². The van der Waals surface area contributed by atoms with E-state index in [1.165, 1.54) is 54.4 Å². The minimum atomic E-state index is 0.683. The van der Waals surface area contributed by atoms with Gasteiger partial charge in [-0.3, -0.25) is 0 Å². The first-order valence-electron chi connectivity index (χ1n) is 6.17. The number of likely N-dealkylation sites (tertiary alicyclic amines) is 1. The van der Waals surface area contributed by atoms with Crippen LogP contribution in [0.1, 0.15) is 40.8 Å². The highest BCUT2D eigenvalue weighted by Gasteiger charge is 2.23. The zero-order valence-corrected chi connectivity index (χ0v) is 10.6. The molecule has 1 fully saturated rings. The number of nitrogens with zero attached hydrogens (tertiary/aromatic N) is 2. The predicted octanol–water partition coefficient (Wildman–Crippen LogP) is 2.91. The van der Waals surface area contributed by atoms with Crippen LogP contribution >= 0.6 is 11.3 Å². The van der Waals surface area contributed by atoms with Crippen LogP contribution < -0.4 is 0 Å². The Morgan fingerprint density at radius 3 is 3.25 bits per heavy atom. The van der Waals surface area contributed by atoms with Gasteiger partial charge in [-0.2, -0.15) is 0 Å². The number of piperidine rings is 1. The maximum atomic E-state index is 4.81. The average Bonchev–Trinajstić information content (AvgIpc) is 2.72. The van der Waals surface area contributed by atoms with E-state index in [4.69, 9.17) is 4.98 Å². The molecule has 0 saturated carbocycles. The highest BCUT2D eigenvalue weighted by molar-refractivity contribution is 7.12. The lowest BCUT2D eigenvalue weighted by molar-refractivity contribution is 0.250. The minimum Gasteiger partial charge on any atom is -0.306 e. The molecular formula is C13H18N2S. The first kappa shape index (κ1) is 10.5.